The Bertz CT molecular complexity index is 93.6. The Morgan fingerprint density at radius 2 is 1.00 bits per heavy atom. The van der Waals surface area contributed by atoms with Crippen LogP contribution in [-0.2, 0) is 23.5 Å². The van der Waals surface area contributed by atoms with Crippen LogP contribution in [-0.4, -0.2) is 5.48 Å². The molecular formula is H10N2O5W. The van der Waals surface area contributed by atoms with E-state index >= 15 is 0 Å². The van der Waals surface area contributed by atoms with Gasteiger partial charge < -0.3 is 17.8 Å². The molecule has 0 aromatic heterocycles. The van der Waals surface area contributed by atoms with Crippen LogP contribution in [0.1, 0.15) is 0 Å². The van der Waals surface area contributed by atoms with E-state index in [0.29, 0.717) is 0 Å². The molecule has 8 heavy (non-hydrogen) atoms. The van der Waals surface area contributed by atoms with Gasteiger partial charge in [0.15, 0.2) is 0 Å². The molecule has 0 fully saturated rings. The van der Waals surface area contributed by atoms with Gasteiger partial charge in [0.2, 0.25) is 0 Å². The first-order chi connectivity index (χ1) is 2.00. The van der Waals surface area contributed by atoms with E-state index in [1.165, 1.54) is 0 Å². The molecule has 0 radical (unpaired) electrons. The molecule has 0 heterocycles. The minimum absolute atomic E-state index is 0. The van der Waals surface area contributed by atoms with Crippen LogP contribution in [0.2, 0.25) is 0 Å². The zero-order valence-electron chi connectivity index (χ0n) is 4.54. The molecule has 0 aliphatic rings. The predicted molar refractivity (Wildman–Crippen MR) is 17.0 cm³/mol. The third-order valence-electron chi connectivity index (χ3n) is 0. The fourth-order valence-electron chi connectivity index (χ4n) is 0. The fraction of sp³-hybridized carbons (Fsp3) is 0. The van der Waals surface area contributed by atoms with Gasteiger partial charge in [-0.3, -0.25) is 0 Å². The summed E-state index contributed by atoms with van der Waals surface area (Å²) in [6.45, 7) is 0. The zero-order chi connectivity index (χ0) is 4.50. The first-order valence-corrected chi connectivity index (χ1v) is 5.46. The molecule has 0 saturated heterocycles. The van der Waals surface area contributed by atoms with Crippen LogP contribution in [0.3, 0.4) is 0 Å². The Morgan fingerprint density at radius 3 is 1.00 bits per heavy atom. The minimum atomic E-state index is -6.17. The van der Waals surface area contributed by atoms with Crippen LogP contribution in [0.5, 0.6) is 0 Å². The number of quaternary nitrogens is 2. The number of hydrogen-bond acceptors (Lipinski definition) is 4. The van der Waals surface area contributed by atoms with Gasteiger partial charge in [0.05, 0.1) is 0 Å². The standard InChI is InChI=1S/2H3N.H2O.4O.W/h2*1H3;1H2;;;;;/q;;;;;2*-1;/p+2. The molecule has 0 aromatic rings. The van der Waals surface area contributed by atoms with Gasteiger partial charge in [0.25, 0.3) is 0 Å². The fourth-order valence-corrected chi connectivity index (χ4v) is 0. The van der Waals surface area contributed by atoms with Crippen LogP contribution in [0.25, 0.3) is 0 Å². The van der Waals surface area contributed by atoms with Crippen LogP contribution in [0.4, 0.5) is 0 Å². The quantitative estimate of drug-likeness (QED) is 0.493. The summed E-state index contributed by atoms with van der Waals surface area (Å²) >= 11 is -6.17. The summed E-state index contributed by atoms with van der Waals surface area (Å²) in [6, 6.07) is 0. The van der Waals surface area contributed by atoms with Crippen molar-refractivity contribution >= 4 is 0 Å². The number of rotatable bonds is 0. The summed E-state index contributed by atoms with van der Waals surface area (Å²) in [5, 5.41) is 0. The van der Waals surface area contributed by atoms with Crippen molar-refractivity contribution in [2.75, 3.05) is 0 Å². The van der Waals surface area contributed by atoms with Crippen molar-refractivity contribution in [3.05, 3.63) is 0 Å². The number of hydrogen-bond donors (Lipinski definition) is 2. The topological polar surface area (TPSA) is 185 Å². The van der Waals surface area contributed by atoms with E-state index in [9.17, 15) is 0 Å². The van der Waals surface area contributed by atoms with Gasteiger partial charge in [-0.2, -0.15) is 0 Å². The van der Waals surface area contributed by atoms with Crippen molar-refractivity contribution in [2.45, 2.75) is 0 Å². The van der Waals surface area contributed by atoms with Crippen molar-refractivity contribution in [3.63, 3.8) is 0 Å². The molecule has 0 aliphatic heterocycles. The molecule has 0 amide bonds. The maximum atomic E-state index is 8.65. The summed E-state index contributed by atoms with van der Waals surface area (Å²) in [5.41, 5.74) is 0. The monoisotopic (exact) mass is 302 g/mol. The molecule has 0 aliphatic carbocycles. The van der Waals surface area contributed by atoms with Crippen LogP contribution < -0.4 is 19.8 Å². The summed E-state index contributed by atoms with van der Waals surface area (Å²) < 4.78 is 34.6. The average molecular weight is 302 g/mol. The van der Waals surface area contributed by atoms with E-state index in [2.05, 4.69) is 0 Å². The van der Waals surface area contributed by atoms with Crippen LogP contribution >= 0.6 is 0 Å². The predicted octanol–water partition coefficient (Wildman–Crippen LogP) is -2.69. The van der Waals surface area contributed by atoms with E-state index in [4.69, 9.17) is 14.3 Å². The first-order valence-electron chi connectivity index (χ1n) is 0.667. The molecule has 0 unspecified atom stereocenters. The summed E-state index contributed by atoms with van der Waals surface area (Å²) in [4.78, 5) is 0. The van der Waals surface area contributed by atoms with E-state index in [0.717, 1.165) is 0 Å². The molecule has 0 saturated carbocycles. The molecule has 10 N–H and O–H groups in total. The summed E-state index contributed by atoms with van der Waals surface area (Å²) in [7, 11) is 0. The van der Waals surface area contributed by atoms with Crippen molar-refractivity contribution in [2.24, 2.45) is 0 Å². The second-order valence-corrected chi connectivity index (χ2v) is 3.34. The summed E-state index contributed by atoms with van der Waals surface area (Å²) in [5.74, 6) is 0. The second kappa shape index (κ2) is 7.09. The molecule has 8 heteroatoms. The molecule has 0 rings (SSSR count). The molecule has 56 valence electrons. The van der Waals surface area contributed by atoms with Gasteiger partial charge in [0.1, 0.15) is 0 Å². The Labute approximate surface area is 49.5 Å². The van der Waals surface area contributed by atoms with Gasteiger partial charge >= 0.3 is 31.1 Å². The summed E-state index contributed by atoms with van der Waals surface area (Å²) in [6.07, 6.45) is 0. The third-order valence-corrected chi connectivity index (χ3v) is 0. The molecule has 0 aromatic carbocycles. The van der Waals surface area contributed by atoms with E-state index in [1.807, 2.05) is 0 Å². The van der Waals surface area contributed by atoms with Crippen molar-refractivity contribution in [3.8, 4) is 0 Å². The molecule has 7 nitrogen and oxygen atoms in total. The van der Waals surface area contributed by atoms with Crippen LogP contribution in [0, 0.1) is 0 Å². The van der Waals surface area contributed by atoms with Crippen molar-refractivity contribution < 1.29 is 36.5 Å². The van der Waals surface area contributed by atoms with Gasteiger partial charge in [0, 0.05) is 0 Å². The Hall–Kier alpha value is 0.0883. The Kier molecular flexibility index (Phi) is 21.5. The zero-order valence-corrected chi connectivity index (χ0v) is 7.47. The molecule has 0 bridgehead atoms. The molecule has 0 spiro atoms. The Balaban J connectivity index is -0.0000000267. The van der Waals surface area contributed by atoms with Crippen molar-refractivity contribution in [1.82, 2.24) is 12.3 Å². The second-order valence-electron chi connectivity index (χ2n) is 0.408. The first kappa shape index (κ1) is 24.3. The Morgan fingerprint density at radius 1 is 1.00 bits per heavy atom. The van der Waals surface area contributed by atoms with E-state index in [1.54, 1.807) is 0 Å². The third kappa shape index (κ3) is 20200. The van der Waals surface area contributed by atoms with Crippen molar-refractivity contribution in [1.29, 1.82) is 0 Å². The maximum absolute atomic E-state index is 8.65. The van der Waals surface area contributed by atoms with Gasteiger partial charge in [-0.05, 0) is 0 Å². The average Bonchev–Trinajstić information content (AvgIpc) is 0.722. The van der Waals surface area contributed by atoms with Crippen LogP contribution in [0.15, 0.2) is 0 Å². The van der Waals surface area contributed by atoms with Gasteiger partial charge in [-0.25, -0.2) is 0 Å². The van der Waals surface area contributed by atoms with E-state index < -0.39 is 16.7 Å². The molecular weight excluding hydrogens is 292 g/mol. The molecule has 0 atom stereocenters. The normalized spacial score (nSPS) is 7.25. The van der Waals surface area contributed by atoms with Gasteiger partial charge in [-0.15, -0.1) is 0 Å². The van der Waals surface area contributed by atoms with Gasteiger partial charge in [-0.1, -0.05) is 0 Å². The SMILES string of the molecule is O.[NH4+].[NH4+].[O]=[W](=[O])([O-])[O-]. The van der Waals surface area contributed by atoms with E-state index in [-0.39, 0.29) is 17.8 Å².